The third-order valence-electron chi connectivity index (χ3n) is 2.66. The van der Waals surface area contributed by atoms with Gasteiger partial charge >= 0.3 is 5.97 Å². The molecule has 1 heterocycles. The van der Waals surface area contributed by atoms with Gasteiger partial charge in [0.15, 0.2) is 5.15 Å². The molecule has 0 aliphatic heterocycles. The number of aromatic nitrogens is 2. The highest BCUT2D eigenvalue weighted by Crippen LogP contribution is 2.42. The molecule has 2 atom stereocenters. The van der Waals surface area contributed by atoms with Crippen LogP contribution in [0.2, 0.25) is 5.15 Å². The Kier molecular flexibility index (Phi) is 2.71. The fourth-order valence-corrected chi connectivity index (χ4v) is 1.76. The largest absolute Gasteiger partial charge is 0.469 e. The number of halogens is 1. The summed E-state index contributed by atoms with van der Waals surface area (Å²) in [5.74, 6) is -0.579. The molecule has 0 saturated heterocycles. The second kappa shape index (κ2) is 3.90. The van der Waals surface area contributed by atoms with Gasteiger partial charge < -0.3 is 4.74 Å². The van der Waals surface area contributed by atoms with Crippen molar-refractivity contribution in [2.45, 2.75) is 19.4 Å². The first-order valence-electron chi connectivity index (χ1n) is 4.88. The lowest BCUT2D eigenvalue weighted by Crippen LogP contribution is -2.23. The lowest BCUT2D eigenvalue weighted by molar-refractivity contribution is -0.142. The fraction of sp³-hybridized carbons (Fsp3) is 0.500. The molecule has 1 saturated carbocycles. The SMILES string of the molecule is COC(=O)C1C[C@@H]1n1nc(Cl)c(C)cc1=O. The molecule has 6 heteroatoms. The minimum absolute atomic E-state index is 0.210. The van der Waals surface area contributed by atoms with E-state index in [0.717, 1.165) is 0 Å². The Labute approximate surface area is 97.0 Å². The summed E-state index contributed by atoms with van der Waals surface area (Å²) in [6.45, 7) is 1.71. The maximum Gasteiger partial charge on any atom is 0.310 e. The van der Waals surface area contributed by atoms with E-state index >= 15 is 0 Å². The van der Waals surface area contributed by atoms with Gasteiger partial charge in [-0.2, -0.15) is 5.10 Å². The highest BCUT2D eigenvalue weighted by molar-refractivity contribution is 6.30. The molecule has 5 nitrogen and oxygen atoms in total. The first-order valence-corrected chi connectivity index (χ1v) is 5.26. The smallest absolute Gasteiger partial charge is 0.310 e. The summed E-state index contributed by atoms with van der Waals surface area (Å²) >= 11 is 5.83. The molecule has 1 aliphatic rings. The monoisotopic (exact) mass is 242 g/mol. The van der Waals surface area contributed by atoms with Crippen molar-refractivity contribution in [1.29, 1.82) is 0 Å². The fourth-order valence-electron chi connectivity index (χ4n) is 1.63. The number of carbonyl (C=O) groups excluding carboxylic acids is 1. The zero-order valence-electron chi connectivity index (χ0n) is 8.94. The summed E-state index contributed by atoms with van der Waals surface area (Å²) < 4.78 is 5.87. The molecule has 16 heavy (non-hydrogen) atoms. The summed E-state index contributed by atoms with van der Waals surface area (Å²) in [6.07, 6.45) is 0.582. The van der Waals surface area contributed by atoms with Crippen molar-refractivity contribution in [2.75, 3.05) is 7.11 Å². The summed E-state index contributed by atoms with van der Waals surface area (Å²) in [6, 6.07) is 1.21. The van der Waals surface area contributed by atoms with E-state index in [2.05, 4.69) is 9.84 Å². The molecular weight excluding hydrogens is 232 g/mol. The third-order valence-corrected chi connectivity index (χ3v) is 3.04. The normalized spacial score (nSPS) is 22.9. The summed E-state index contributed by atoms with van der Waals surface area (Å²) in [4.78, 5) is 22.8. The topological polar surface area (TPSA) is 61.2 Å². The summed E-state index contributed by atoms with van der Waals surface area (Å²) in [7, 11) is 1.33. The lowest BCUT2D eigenvalue weighted by Gasteiger charge is -2.04. The first-order chi connectivity index (χ1) is 7.54. The number of rotatable bonds is 2. The van der Waals surface area contributed by atoms with Gasteiger partial charge in [-0.3, -0.25) is 9.59 Å². The van der Waals surface area contributed by atoms with Crippen molar-refractivity contribution < 1.29 is 9.53 Å². The van der Waals surface area contributed by atoms with Crippen molar-refractivity contribution in [2.24, 2.45) is 5.92 Å². The van der Waals surface area contributed by atoms with Crippen LogP contribution in [0, 0.1) is 12.8 Å². The number of carbonyl (C=O) groups is 1. The Morgan fingerprint density at radius 1 is 1.69 bits per heavy atom. The molecule has 0 N–H and O–H groups in total. The first kappa shape index (κ1) is 11.1. The minimum Gasteiger partial charge on any atom is -0.469 e. The van der Waals surface area contributed by atoms with Gasteiger partial charge in [-0.25, -0.2) is 4.68 Å². The predicted octanol–water partition coefficient (Wildman–Crippen LogP) is 0.939. The van der Waals surface area contributed by atoms with Gasteiger partial charge in [0.1, 0.15) is 0 Å². The average Bonchev–Trinajstić information content (AvgIpc) is 3.02. The molecule has 0 bridgehead atoms. The number of methoxy groups -OCH3 is 1. The Bertz CT molecular complexity index is 497. The van der Waals surface area contributed by atoms with Crippen LogP contribution in [-0.4, -0.2) is 22.9 Å². The van der Waals surface area contributed by atoms with Crippen LogP contribution in [0.25, 0.3) is 0 Å². The molecular formula is C10H11ClN2O3. The lowest BCUT2D eigenvalue weighted by atomic mass is 10.3. The number of nitrogens with zero attached hydrogens (tertiary/aromatic N) is 2. The second-order valence-corrected chi connectivity index (χ2v) is 4.19. The van der Waals surface area contributed by atoms with Crippen molar-refractivity contribution in [3.05, 3.63) is 27.1 Å². The highest BCUT2D eigenvalue weighted by atomic mass is 35.5. The van der Waals surface area contributed by atoms with E-state index in [0.29, 0.717) is 12.0 Å². The van der Waals surface area contributed by atoms with E-state index < -0.39 is 0 Å². The zero-order valence-corrected chi connectivity index (χ0v) is 9.69. The maximum absolute atomic E-state index is 11.6. The van der Waals surface area contributed by atoms with Gasteiger partial charge in [-0.1, -0.05) is 11.6 Å². The Morgan fingerprint density at radius 3 is 3.00 bits per heavy atom. The van der Waals surface area contributed by atoms with Gasteiger partial charge in [0.05, 0.1) is 19.1 Å². The second-order valence-electron chi connectivity index (χ2n) is 3.83. The molecule has 1 aromatic heterocycles. The van der Waals surface area contributed by atoms with Gasteiger partial charge in [0, 0.05) is 6.07 Å². The van der Waals surface area contributed by atoms with Crippen LogP contribution in [0.1, 0.15) is 18.0 Å². The van der Waals surface area contributed by atoms with Crippen molar-refractivity contribution in [1.82, 2.24) is 9.78 Å². The van der Waals surface area contributed by atoms with E-state index in [1.807, 2.05) is 0 Å². The maximum atomic E-state index is 11.6. The minimum atomic E-state index is -0.310. The van der Waals surface area contributed by atoms with Crippen LogP contribution in [-0.2, 0) is 9.53 Å². The van der Waals surface area contributed by atoms with Crippen molar-refractivity contribution in [3.63, 3.8) is 0 Å². The number of hydrogen-bond acceptors (Lipinski definition) is 4. The van der Waals surface area contributed by atoms with Crippen LogP contribution >= 0.6 is 11.6 Å². The molecule has 0 aromatic carbocycles. The van der Waals surface area contributed by atoms with E-state index in [-0.39, 0.29) is 28.6 Å². The molecule has 2 rings (SSSR count). The third kappa shape index (κ3) is 1.82. The quantitative estimate of drug-likeness (QED) is 0.724. The molecule has 0 amide bonds. The number of esters is 1. The molecule has 1 aromatic rings. The average molecular weight is 243 g/mol. The summed E-state index contributed by atoms with van der Waals surface area (Å²) in [5, 5.41) is 4.25. The standard InChI is InChI=1S/C10H11ClN2O3/c1-5-3-8(14)13(12-9(5)11)7-4-6(7)10(15)16-2/h3,6-7H,4H2,1-2H3/t6?,7-/m0/s1. The molecule has 1 fully saturated rings. The Morgan fingerprint density at radius 2 is 2.38 bits per heavy atom. The summed E-state index contributed by atoms with van der Waals surface area (Å²) in [5.41, 5.74) is 0.400. The molecule has 0 spiro atoms. The Hall–Kier alpha value is -1.36. The van der Waals surface area contributed by atoms with Crippen LogP contribution < -0.4 is 5.56 Å². The van der Waals surface area contributed by atoms with Crippen LogP contribution in [0.3, 0.4) is 0 Å². The van der Waals surface area contributed by atoms with Gasteiger partial charge in [0.2, 0.25) is 0 Å². The van der Waals surface area contributed by atoms with Crippen LogP contribution in [0.5, 0.6) is 0 Å². The molecule has 0 radical (unpaired) electrons. The number of hydrogen-bond donors (Lipinski definition) is 0. The van der Waals surface area contributed by atoms with Gasteiger partial charge in [-0.15, -0.1) is 0 Å². The predicted molar refractivity (Wildman–Crippen MR) is 57.4 cm³/mol. The van der Waals surface area contributed by atoms with Crippen molar-refractivity contribution in [3.8, 4) is 0 Å². The van der Waals surface area contributed by atoms with E-state index in [9.17, 15) is 9.59 Å². The van der Waals surface area contributed by atoms with Crippen LogP contribution in [0.15, 0.2) is 10.9 Å². The van der Waals surface area contributed by atoms with E-state index in [4.69, 9.17) is 11.6 Å². The van der Waals surface area contributed by atoms with Gasteiger partial charge in [0.25, 0.3) is 5.56 Å². The van der Waals surface area contributed by atoms with E-state index in [1.54, 1.807) is 6.92 Å². The van der Waals surface area contributed by atoms with Gasteiger partial charge in [-0.05, 0) is 18.9 Å². The number of ether oxygens (including phenoxy) is 1. The number of aryl methyl sites for hydroxylation is 1. The zero-order chi connectivity index (χ0) is 11.9. The highest BCUT2D eigenvalue weighted by Gasteiger charge is 2.47. The Balaban J connectivity index is 2.28. The molecule has 1 aliphatic carbocycles. The van der Waals surface area contributed by atoms with Crippen LogP contribution in [0.4, 0.5) is 0 Å². The molecule has 1 unspecified atom stereocenters. The van der Waals surface area contributed by atoms with Crippen molar-refractivity contribution >= 4 is 17.6 Å². The molecule has 86 valence electrons. The van der Waals surface area contributed by atoms with E-state index in [1.165, 1.54) is 17.9 Å².